The van der Waals surface area contributed by atoms with Gasteiger partial charge in [-0.25, -0.2) is 4.79 Å². The van der Waals surface area contributed by atoms with Crippen molar-refractivity contribution in [2.75, 3.05) is 0 Å². The van der Waals surface area contributed by atoms with Gasteiger partial charge in [-0.2, -0.15) is 0 Å². The summed E-state index contributed by atoms with van der Waals surface area (Å²) in [6, 6.07) is 4.00. The maximum Gasteiger partial charge on any atom is 0.358 e. The molecule has 6 nitrogen and oxygen atoms in total. The highest BCUT2D eigenvalue weighted by molar-refractivity contribution is 6.31. The maximum absolute atomic E-state index is 11.6. The topological polar surface area (TPSA) is 88.3 Å². The predicted molar refractivity (Wildman–Crippen MR) is 56.0 cm³/mol. The van der Waals surface area contributed by atoms with E-state index in [1.54, 1.807) is 0 Å². The highest BCUT2D eigenvalue weighted by Gasteiger charge is 2.16. The second-order valence-corrected chi connectivity index (χ2v) is 3.51. The molecule has 0 amide bonds. The number of hydrogen-bond donors (Lipinski definition) is 1. The van der Waals surface area contributed by atoms with Crippen LogP contribution in [-0.2, 0) is 0 Å². The molecule has 0 unspecified atom stereocenters. The zero-order chi connectivity index (χ0) is 11.9. The standard InChI is InChI=1S/C9H5ClN2O4/c10-5-1-2-6-7(3-5)11(15)4-8(9(13)14)12(6)16/h1-4H,(H,13,14). The van der Waals surface area contributed by atoms with E-state index in [9.17, 15) is 14.9 Å². The van der Waals surface area contributed by atoms with E-state index in [0.29, 0.717) is 15.6 Å². The zero-order valence-electron chi connectivity index (χ0n) is 7.75. The number of carboxylic acids is 1. The van der Waals surface area contributed by atoms with Crippen LogP contribution in [0.5, 0.6) is 0 Å². The Morgan fingerprint density at radius 1 is 1.50 bits per heavy atom. The number of aromatic nitrogens is 2. The van der Waals surface area contributed by atoms with Gasteiger partial charge in [-0.15, -0.1) is 0 Å². The van der Waals surface area contributed by atoms with Gasteiger partial charge in [-0.3, -0.25) is 0 Å². The van der Waals surface area contributed by atoms with Gasteiger partial charge in [0.25, 0.3) is 11.7 Å². The molecule has 82 valence electrons. The minimum Gasteiger partial charge on any atom is -0.805 e. The Kier molecular flexibility index (Phi) is 2.28. The Labute approximate surface area is 93.5 Å². The number of carbonyl (C=O) groups is 1. The first-order valence-electron chi connectivity index (χ1n) is 4.19. The summed E-state index contributed by atoms with van der Waals surface area (Å²) >= 11 is 5.67. The van der Waals surface area contributed by atoms with Crippen LogP contribution in [0.3, 0.4) is 0 Å². The molecule has 0 fully saturated rings. The number of nitrogens with zero attached hydrogens (tertiary/aromatic N) is 2. The van der Waals surface area contributed by atoms with Crippen LogP contribution in [0.15, 0.2) is 24.4 Å². The van der Waals surface area contributed by atoms with E-state index in [4.69, 9.17) is 16.7 Å². The van der Waals surface area contributed by atoms with Gasteiger partial charge in [0.1, 0.15) is 5.52 Å². The lowest BCUT2D eigenvalue weighted by Gasteiger charge is -2.13. The Balaban J connectivity index is 2.96. The van der Waals surface area contributed by atoms with E-state index in [0.717, 1.165) is 0 Å². The molecule has 1 N–H and O–H groups in total. The van der Waals surface area contributed by atoms with Crippen LogP contribution in [0, 0.1) is 10.1 Å². The third kappa shape index (κ3) is 1.49. The summed E-state index contributed by atoms with van der Waals surface area (Å²) < 4.78 is 0.488. The summed E-state index contributed by atoms with van der Waals surface area (Å²) in [5, 5.41) is 20.6. The van der Waals surface area contributed by atoms with Gasteiger partial charge in [0.05, 0.1) is 4.43 Å². The molecular formula is C9H5ClN2O4. The van der Waals surface area contributed by atoms with Gasteiger partial charge in [-0.1, -0.05) is 11.6 Å². The number of hydrogen-bond acceptors (Lipinski definition) is 3. The van der Waals surface area contributed by atoms with Crippen molar-refractivity contribution in [2.24, 2.45) is 0 Å². The summed E-state index contributed by atoms with van der Waals surface area (Å²) in [5.41, 5.74) is -0.656. The highest BCUT2D eigenvalue weighted by Crippen LogP contribution is 2.16. The molecule has 0 aliphatic heterocycles. The second kappa shape index (κ2) is 3.49. The minimum atomic E-state index is -1.46. The normalized spacial score (nSPS) is 10.6. The van der Waals surface area contributed by atoms with Crippen molar-refractivity contribution in [3.63, 3.8) is 0 Å². The molecule has 0 radical (unpaired) electrons. The lowest BCUT2D eigenvalue weighted by Crippen LogP contribution is -2.22. The molecule has 1 aromatic carbocycles. The molecule has 2 aromatic rings. The summed E-state index contributed by atoms with van der Waals surface area (Å²) in [6.45, 7) is 0. The Hall–Kier alpha value is -2.08. The van der Waals surface area contributed by atoms with E-state index in [1.165, 1.54) is 18.2 Å². The van der Waals surface area contributed by atoms with Gasteiger partial charge in [0.2, 0.25) is 0 Å². The van der Waals surface area contributed by atoms with Crippen molar-refractivity contribution < 1.29 is 14.3 Å². The van der Waals surface area contributed by atoms with Crippen LogP contribution < -0.4 is 4.43 Å². The quantitative estimate of drug-likeness (QED) is 0.760. The fourth-order valence-corrected chi connectivity index (χ4v) is 1.52. The molecule has 2 rings (SSSR count). The Morgan fingerprint density at radius 3 is 2.81 bits per heavy atom. The second-order valence-electron chi connectivity index (χ2n) is 3.07. The first-order valence-corrected chi connectivity index (χ1v) is 4.57. The summed E-state index contributed by atoms with van der Waals surface area (Å²) in [7, 11) is 0. The summed E-state index contributed by atoms with van der Waals surface area (Å²) in [4.78, 5) is 22.1. The predicted octanol–water partition coefficient (Wildman–Crippen LogP) is 1.25. The van der Waals surface area contributed by atoms with Crippen molar-refractivity contribution in [3.8, 4) is 0 Å². The molecule has 1 aromatic heterocycles. The van der Waals surface area contributed by atoms with E-state index >= 15 is 0 Å². The van der Waals surface area contributed by atoms with Crippen molar-refractivity contribution in [2.45, 2.75) is 0 Å². The molecule has 7 heteroatoms. The average molecular weight is 241 g/mol. The van der Waals surface area contributed by atoms with Crippen molar-refractivity contribution in [3.05, 3.63) is 45.2 Å². The molecule has 16 heavy (non-hydrogen) atoms. The number of benzene rings is 1. The lowest BCUT2D eigenvalue weighted by molar-refractivity contribution is -0.464. The van der Waals surface area contributed by atoms with Crippen LogP contribution in [0.4, 0.5) is 0 Å². The van der Waals surface area contributed by atoms with Gasteiger partial charge >= 0.3 is 5.97 Å². The third-order valence-corrected chi connectivity index (χ3v) is 2.31. The number of carboxylic acid groups (broad SMARTS) is 1. The number of aromatic carboxylic acids is 1. The third-order valence-electron chi connectivity index (χ3n) is 2.07. The van der Waals surface area contributed by atoms with Crippen LogP contribution >= 0.6 is 11.6 Å². The smallest absolute Gasteiger partial charge is 0.358 e. The first kappa shape index (κ1) is 10.4. The molecule has 0 bridgehead atoms. The summed E-state index contributed by atoms with van der Waals surface area (Å²) in [5.74, 6) is -1.46. The van der Waals surface area contributed by atoms with E-state index < -0.39 is 11.7 Å². The zero-order valence-corrected chi connectivity index (χ0v) is 8.51. The van der Waals surface area contributed by atoms with Crippen LogP contribution in [0.2, 0.25) is 5.02 Å². The first-order chi connectivity index (χ1) is 7.50. The summed E-state index contributed by atoms with van der Waals surface area (Å²) in [6.07, 6.45) is 0.702. The van der Waals surface area contributed by atoms with Gasteiger partial charge < -0.3 is 15.0 Å². The van der Waals surface area contributed by atoms with Crippen LogP contribution in [0.1, 0.15) is 10.5 Å². The Morgan fingerprint density at radius 2 is 2.19 bits per heavy atom. The molecule has 0 saturated heterocycles. The molecule has 0 spiro atoms. The van der Waals surface area contributed by atoms with Crippen LogP contribution in [0.25, 0.3) is 11.0 Å². The maximum atomic E-state index is 11.6. The number of halogens is 1. The number of fused-ring (bicyclic) bond motifs is 1. The van der Waals surface area contributed by atoms with E-state index in [1.807, 2.05) is 0 Å². The van der Waals surface area contributed by atoms with Crippen LogP contribution in [-0.4, -0.2) is 15.8 Å². The van der Waals surface area contributed by atoms with Gasteiger partial charge in [-0.05, 0) is 12.1 Å². The highest BCUT2D eigenvalue weighted by atomic mass is 35.5. The molecule has 0 aliphatic rings. The van der Waals surface area contributed by atoms with Gasteiger partial charge in [0.15, 0.2) is 5.69 Å². The molecular weight excluding hydrogens is 236 g/mol. The van der Waals surface area contributed by atoms with E-state index in [-0.39, 0.29) is 15.8 Å². The fourth-order valence-electron chi connectivity index (χ4n) is 1.35. The van der Waals surface area contributed by atoms with E-state index in [2.05, 4.69) is 0 Å². The van der Waals surface area contributed by atoms with Crippen molar-refractivity contribution in [1.29, 1.82) is 0 Å². The van der Waals surface area contributed by atoms with Crippen molar-refractivity contribution >= 4 is 28.6 Å². The molecule has 1 heterocycles. The fraction of sp³-hybridized carbons (Fsp3) is 0. The minimum absolute atomic E-state index is 0.0208. The SMILES string of the molecule is O=C(O)c1c[n+](=O)c2cc(Cl)ccc2n1[O-]. The number of rotatable bonds is 1. The lowest BCUT2D eigenvalue weighted by atomic mass is 10.3. The molecule has 0 atom stereocenters. The monoisotopic (exact) mass is 240 g/mol. The Bertz CT molecular complexity index is 650. The molecule has 0 aliphatic carbocycles. The van der Waals surface area contributed by atoms with Crippen molar-refractivity contribution in [1.82, 2.24) is 4.73 Å². The van der Waals surface area contributed by atoms with Gasteiger partial charge in [0, 0.05) is 16.0 Å². The average Bonchev–Trinajstić information content (AvgIpc) is 2.22. The molecule has 0 saturated carbocycles. The largest absolute Gasteiger partial charge is 0.805 e.